The van der Waals surface area contributed by atoms with Crippen LogP contribution in [0, 0.1) is 23.3 Å². The van der Waals surface area contributed by atoms with Crippen molar-refractivity contribution < 1.29 is 40.6 Å². The van der Waals surface area contributed by atoms with Crippen LogP contribution in [0.4, 0.5) is 17.6 Å². The molecule has 0 aliphatic carbocycles. The maximum Gasteiger partial charge on any atom is 0.184 e. The van der Waals surface area contributed by atoms with Gasteiger partial charge in [-0.15, -0.1) is 0 Å². The van der Waals surface area contributed by atoms with Gasteiger partial charge in [-0.25, -0.2) is 26.0 Å². The molecule has 168 valence electrons. The lowest BCUT2D eigenvalue weighted by molar-refractivity contribution is -0.777. The SMILES string of the molecule is CCCCCCCCCCCCS(=O)(=O)c1c(F)c(F)c(SOO[O-])c(F)c1F. The molecule has 0 saturated heterocycles. The van der Waals surface area contributed by atoms with E-state index in [9.17, 15) is 31.2 Å². The Hall–Kier alpha value is -0.880. The number of unbranched alkanes of at least 4 members (excludes halogenated alkanes) is 9. The van der Waals surface area contributed by atoms with Crippen LogP contribution in [0.15, 0.2) is 9.79 Å². The van der Waals surface area contributed by atoms with Crippen LogP contribution in [0.3, 0.4) is 0 Å². The minimum atomic E-state index is -4.58. The Kier molecular flexibility index (Phi) is 12.1. The number of halogens is 4. The summed E-state index contributed by atoms with van der Waals surface area (Å²) in [7, 11) is -4.58. The van der Waals surface area contributed by atoms with E-state index in [2.05, 4.69) is 16.3 Å². The molecule has 0 atom stereocenters. The van der Waals surface area contributed by atoms with Crippen molar-refractivity contribution in [2.24, 2.45) is 0 Å². The summed E-state index contributed by atoms with van der Waals surface area (Å²) in [4.78, 5) is -3.01. The van der Waals surface area contributed by atoms with E-state index in [1.54, 1.807) is 0 Å². The number of sulfone groups is 1. The molecule has 11 heteroatoms. The molecule has 0 N–H and O–H groups in total. The number of rotatable bonds is 15. The molecule has 1 rings (SSSR count). The molecule has 0 saturated carbocycles. The molecule has 0 spiro atoms. The first-order chi connectivity index (χ1) is 13.8. The largest absolute Gasteiger partial charge is 0.691 e. The van der Waals surface area contributed by atoms with Gasteiger partial charge >= 0.3 is 0 Å². The third-order valence-corrected chi connectivity index (χ3v) is 6.86. The van der Waals surface area contributed by atoms with E-state index >= 15 is 0 Å². The average molecular weight is 462 g/mol. The van der Waals surface area contributed by atoms with Crippen molar-refractivity contribution in [3.63, 3.8) is 0 Å². The number of hydrogen-bond acceptors (Lipinski definition) is 6. The summed E-state index contributed by atoms with van der Waals surface area (Å²) in [6.45, 7) is 2.14. The van der Waals surface area contributed by atoms with Gasteiger partial charge in [-0.3, -0.25) is 5.04 Å². The molecule has 0 radical (unpaired) electrons. The predicted molar refractivity (Wildman–Crippen MR) is 98.2 cm³/mol. The second-order valence-electron chi connectivity index (χ2n) is 6.63. The van der Waals surface area contributed by atoms with Gasteiger partial charge in [-0.2, -0.15) is 4.33 Å². The van der Waals surface area contributed by atoms with E-state index in [4.69, 9.17) is 0 Å². The first-order valence-electron chi connectivity index (χ1n) is 9.49. The topological polar surface area (TPSA) is 75.7 Å². The highest BCUT2D eigenvalue weighted by Gasteiger charge is 2.33. The molecule has 0 unspecified atom stereocenters. The lowest BCUT2D eigenvalue weighted by Crippen LogP contribution is -2.15. The minimum Gasteiger partial charge on any atom is -0.691 e. The molecule has 1 aromatic carbocycles. The molecule has 0 heterocycles. The lowest BCUT2D eigenvalue weighted by atomic mass is 10.1. The molecule has 0 aliphatic heterocycles. The van der Waals surface area contributed by atoms with Crippen molar-refractivity contribution in [2.45, 2.75) is 80.9 Å². The maximum absolute atomic E-state index is 14.1. The first kappa shape index (κ1) is 26.2. The Bertz CT molecular complexity index is 715. The molecule has 0 amide bonds. The monoisotopic (exact) mass is 461 g/mol. The van der Waals surface area contributed by atoms with E-state index in [1.807, 2.05) is 0 Å². The van der Waals surface area contributed by atoms with Gasteiger partial charge in [-0.05, 0) is 6.42 Å². The van der Waals surface area contributed by atoms with Crippen LogP contribution < -0.4 is 5.26 Å². The van der Waals surface area contributed by atoms with Crippen LogP contribution in [0.5, 0.6) is 0 Å². The van der Waals surface area contributed by atoms with Crippen LogP contribution in [0.1, 0.15) is 71.1 Å². The van der Waals surface area contributed by atoms with Gasteiger partial charge in [-0.1, -0.05) is 64.7 Å². The zero-order valence-electron chi connectivity index (χ0n) is 16.1. The quantitative estimate of drug-likeness (QED) is 0.0896. The molecule has 0 aliphatic rings. The van der Waals surface area contributed by atoms with Crippen molar-refractivity contribution >= 4 is 21.9 Å². The third-order valence-electron chi connectivity index (χ3n) is 4.41. The minimum absolute atomic E-state index is 0.115. The van der Waals surface area contributed by atoms with Gasteiger partial charge in [0.05, 0.1) is 17.8 Å². The van der Waals surface area contributed by atoms with Gasteiger partial charge in [0, 0.05) is 0 Å². The highest BCUT2D eigenvalue weighted by molar-refractivity contribution is 7.94. The molecular weight excluding hydrogens is 436 g/mol. The van der Waals surface area contributed by atoms with Crippen LogP contribution in [0.25, 0.3) is 0 Å². The van der Waals surface area contributed by atoms with Crippen LogP contribution >= 0.6 is 12.0 Å². The predicted octanol–water partition coefficient (Wildman–Crippen LogP) is 5.17. The normalized spacial score (nSPS) is 11.9. The smallest absolute Gasteiger partial charge is 0.184 e. The molecule has 0 bridgehead atoms. The van der Waals surface area contributed by atoms with E-state index in [0.717, 1.165) is 32.1 Å². The number of benzene rings is 1. The van der Waals surface area contributed by atoms with Gasteiger partial charge in [0.1, 0.15) is 9.79 Å². The summed E-state index contributed by atoms with van der Waals surface area (Å²) < 4.78 is 84.0. The maximum atomic E-state index is 14.1. The summed E-state index contributed by atoms with van der Waals surface area (Å²) in [5.41, 5.74) is 0. The molecule has 0 aromatic heterocycles. The zero-order chi connectivity index (χ0) is 21.9. The van der Waals surface area contributed by atoms with Crippen LogP contribution in [-0.4, -0.2) is 14.2 Å². The second-order valence-corrected chi connectivity index (χ2v) is 9.39. The van der Waals surface area contributed by atoms with Crippen molar-refractivity contribution in [2.75, 3.05) is 5.75 Å². The Balaban J connectivity index is 2.62. The van der Waals surface area contributed by atoms with Crippen molar-refractivity contribution in [3.05, 3.63) is 23.3 Å². The summed E-state index contributed by atoms with van der Waals surface area (Å²) in [6.07, 6.45) is 9.21. The molecular formula is C18H25F4O5S2-. The Labute approximate surface area is 172 Å². The third kappa shape index (κ3) is 8.05. The molecule has 0 fully saturated rings. The standard InChI is InChI=1S/C18H26F4O5S2/c1-2-3-4-5-6-7-8-9-10-11-12-29(24,25)18-15(21)13(19)17(28-27-26-23)14(20)16(18)22/h23H,2-12H2,1H3/p-1. The van der Waals surface area contributed by atoms with Crippen molar-refractivity contribution in [1.82, 2.24) is 0 Å². The van der Waals surface area contributed by atoms with Crippen molar-refractivity contribution in [3.8, 4) is 0 Å². The van der Waals surface area contributed by atoms with Crippen molar-refractivity contribution in [1.29, 1.82) is 0 Å². The Morgan fingerprint density at radius 3 is 1.69 bits per heavy atom. The fraction of sp³-hybridized carbons (Fsp3) is 0.667. The molecule has 5 nitrogen and oxygen atoms in total. The fourth-order valence-corrected chi connectivity index (χ4v) is 4.80. The highest BCUT2D eigenvalue weighted by atomic mass is 32.2. The highest BCUT2D eigenvalue weighted by Crippen LogP contribution is 2.34. The summed E-state index contributed by atoms with van der Waals surface area (Å²) >= 11 is -0.403. The zero-order valence-corrected chi connectivity index (χ0v) is 17.8. The Morgan fingerprint density at radius 1 is 0.793 bits per heavy atom. The van der Waals surface area contributed by atoms with Gasteiger partial charge in [0.2, 0.25) is 0 Å². The average Bonchev–Trinajstić information content (AvgIpc) is 2.68. The van der Waals surface area contributed by atoms with Gasteiger partial charge in [0.15, 0.2) is 33.1 Å². The Morgan fingerprint density at radius 2 is 1.24 bits per heavy atom. The summed E-state index contributed by atoms with van der Waals surface area (Å²) in [5, 5.41) is 12.6. The van der Waals surface area contributed by atoms with E-state index in [1.165, 1.54) is 19.3 Å². The summed E-state index contributed by atoms with van der Waals surface area (Å²) in [5.74, 6) is -8.72. The number of hydrogen-bond donors (Lipinski definition) is 0. The molecule has 1 aromatic rings. The van der Waals surface area contributed by atoms with Crippen LogP contribution in [0.2, 0.25) is 0 Å². The molecule has 29 heavy (non-hydrogen) atoms. The van der Waals surface area contributed by atoms with E-state index < -0.39 is 60.7 Å². The lowest BCUT2D eigenvalue weighted by Gasteiger charge is -2.12. The van der Waals surface area contributed by atoms with E-state index in [0.29, 0.717) is 6.42 Å². The second kappa shape index (κ2) is 13.4. The van der Waals surface area contributed by atoms with Gasteiger partial charge in [0.25, 0.3) is 0 Å². The fourth-order valence-electron chi connectivity index (χ4n) is 2.87. The van der Waals surface area contributed by atoms with Gasteiger partial charge < -0.3 is 5.26 Å². The first-order valence-corrected chi connectivity index (χ1v) is 11.9. The van der Waals surface area contributed by atoms with E-state index in [-0.39, 0.29) is 6.42 Å². The summed E-state index contributed by atoms with van der Waals surface area (Å²) in [6, 6.07) is 0. The van der Waals surface area contributed by atoms with Crippen LogP contribution in [-0.2, 0) is 19.2 Å².